The van der Waals surface area contributed by atoms with Crippen molar-refractivity contribution in [3.05, 3.63) is 35.5 Å². The molecule has 0 aromatic carbocycles. The summed E-state index contributed by atoms with van der Waals surface area (Å²) in [5.41, 5.74) is 2.51. The predicted molar refractivity (Wildman–Crippen MR) is 83.9 cm³/mol. The van der Waals surface area contributed by atoms with Crippen molar-refractivity contribution >= 4 is 0 Å². The minimum Gasteiger partial charge on any atom is -0.394 e. The number of hydrogen-bond acceptors (Lipinski definition) is 4. The fourth-order valence-corrected chi connectivity index (χ4v) is 2.07. The zero-order chi connectivity index (χ0) is 15.7. The molecular formula is C17H28O4. The van der Waals surface area contributed by atoms with E-state index in [1.807, 2.05) is 6.08 Å². The molecule has 0 aromatic rings. The minimum absolute atomic E-state index is 0.0824. The monoisotopic (exact) mass is 296 g/mol. The highest BCUT2D eigenvalue weighted by atomic mass is 16.7. The predicted octanol–water partition coefficient (Wildman–Crippen LogP) is 2.72. The molecule has 1 heterocycles. The van der Waals surface area contributed by atoms with Gasteiger partial charge in [-0.2, -0.15) is 0 Å². The Kier molecular flexibility index (Phi) is 8.54. The Morgan fingerprint density at radius 1 is 1.29 bits per heavy atom. The molecule has 120 valence electrons. The van der Waals surface area contributed by atoms with Gasteiger partial charge < -0.3 is 19.7 Å². The van der Waals surface area contributed by atoms with Crippen LogP contribution in [-0.4, -0.2) is 41.9 Å². The van der Waals surface area contributed by atoms with Crippen LogP contribution in [0, 0.1) is 0 Å². The first-order valence-electron chi connectivity index (χ1n) is 7.53. The van der Waals surface area contributed by atoms with Gasteiger partial charge in [0.05, 0.1) is 25.4 Å². The summed E-state index contributed by atoms with van der Waals surface area (Å²) in [6.45, 7) is 6.57. The average Bonchev–Trinajstić information content (AvgIpc) is 2.42. The van der Waals surface area contributed by atoms with E-state index in [-0.39, 0.29) is 12.7 Å². The van der Waals surface area contributed by atoms with Crippen LogP contribution in [0.1, 0.15) is 40.0 Å². The number of allylic oxidation sites excluding steroid dienone is 5. The van der Waals surface area contributed by atoms with Crippen LogP contribution in [0.2, 0.25) is 0 Å². The third kappa shape index (κ3) is 8.17. The second-order valence-corrected chi connectivity index (χ2v) is 5.76. The Balaban J connectivity index is 2.29. The molecule has 0 radical (unpaired) electrons. The smallest absolute Gasteiger partial charge is 0.160 e. The van der Waals surface area contributed by atoms with E-state index < -0.39 is 12.4 Å². The molecule has 1 rings (SSSR count). The van der Waals surface area contributed by atoms with Crippen LogP contribution in [0.5, 0.6) is 0 Å². The molecule has 2 unspecified atom stereocenters. The molecule has 1 saturated heterocycles. The van der Waals surface area contributed by atoms with Gasteiger partial charge in [-0.05, 0) is 27.2 Å². The molecule has 4 nitrogen and oxygen atoms in total. The van der Waals surface area contributed by atoms with Crippen molar-refractivity contribution in [3.63, 3.8) is 0 Å². The van der Waals surface area contributed by atoms with Crippen LogP contribution in [0.4, 0.5) is 0 Å². The summed E-state index contributed by atoms with van der Waals surface area (Å²) in [4.78, 5) is 0. The van der Waals surface area contributed by atoms with Crippen molar-refractivity contribution in [1.29, 1.82) is 0 Å². The highest BCUT2D eigenvalue weighted by Gasteiger charge is 2.28. The topological polar surface area (TPSA) is 58.9 Å². The molecule has 3 atom stereocenters. The van der Waals surface area contributed by atoms with Crippen LogP contribution in [0.3, 0.4) is 0 Å². The summed E-state index contributed by atoms with van der Waals surface area (Å²) in [6, 6.07) is 0. The van der Waals surface area contributed by atoms with Crippen LogP contribution in [0.25, 0.3) is 0 Å². The van der Waals surface area contributed by atoms with E-state index in [1.54, 1.807) is 0 Å². The van der Waals surface area contributed by atoms with Gasteiger partial charge >= 0.3 is 0 Å². The summed E-state index contributed by atoms with van der Waals surface area (Å²) in [7, 11) is 0. The molecular weight excluding hydrogens is 268 g/mol. The van der Waals surface area contributed by atoms with Crippen LogP contribution < -0.4 is 0 Å². The molecule has 4 heteroatoms. The first-order chi connectivity index (χ1) is 10.0. The average molecular weight is 296 g/mol. The molecule has 0 bridgehead atoms. The van der Waals surface area contributed by atoms with E-state index in [9.17, 15) is 5.11 Å². The maximum absolute atomic E-state index is 9.68. The van der Waals surface area contributed by atoms with Crippen LogP contribution >= 0.6 is 0 Å². The molecule has 2 N–H and O–H groups in total. The Hall–Kier alpha value is -0.940. The molecule has 1 aliphatic rings. The first-order valence-corrected chi connectivity index (χ1v) is 7.53. The SMILES string of the molecule is CC(C)=CC=CC/C(C)=C/COC1C[C@@H](O)CC(CO)O1. The molecule has 0 aliphatic carbocycles. The molecule has 0 spiro atoms. The van der Waals surface area contributed by atoms with Gasteiger partial charge in [-0.25, -0.2) is 0 Å². The van der Waals surface area contributed by atoms with E-state index >= 15 is 0 Å². The van der Waals surface area contributed by atoms with Gasteiger partial charge in [-0.15, -0.1) is 0 Å². The summed E-state index contributed by atoms with van der Waals surface area (Å²) in [5, 5.41) is 18.8. The highest BCUT2D eigenvalue weighted by molar-refractivity contribution is 5.12. The number of aliphatic hydroxyl groups excluding tert-OH is 2. The summed E-state index contributed by atoms with van der Waals surface area (Å²) in [6.07, 6.45) is 8.87. The number of hydrogen-bond donors (Lipinski definition) is 2. The summed E-state index contributed by atoms with van der Waals surface area (Å²) in [5.74, 6) is 0. The Morgan fingerprint density at radius 2 is 2.05 bits per heavy atom. The standard InChI is InChI=1S/C17H28O4/c1-13(2)6-4-5-7-14(3)8-9-20-17-11-15(19)10-16(12-18)21-17/h4-6,8,15-19H,7,9-12H2,1-3H3/b5-4?,14-8+/t15-,16?,17?/m0/s1. The first kappa shape index (κ1) is 18.1. The molecule has 0 aromatic heterocycles. The van der Waals surface area contributed by atoms with Gasteiger partial charge in [0.1, 0.15) is 0 Å². The second-order valence-electron chi connectivity index (χ2n) is 5.76. The van der Waals surface area contributed by atoms with Crippen LogP contribution in [-0.2, 0) is 9.47 Å². The summed E-state index contributed by atoms with van der Waals surface area (Å²) < 4.78 is 11.1. The maximum atomic E-state index is 9.68. The van der Waals surface area contributed by atoms with Gasteiger partial charge in [0.2, 0.25) is 0 Å². The lowest BCUT2D eigenvalue weighted by Crippen LogP contribution is -2.38. The van der Waals surface area contributed by atoms with Gasteiger partial charge in [-0.3, -0.25) is 0 Å². The van der Waals surface area contributed by atoms with Crippen molar-refractivity contribution in [2.45, 2.75) is 58.5 Å². The van der Waals surface area contributed by atoms with Crippen molar-refractivity contribution in [1.82, 2.24) is 0 Å². The van der Waals surface area contributed by atoms with Crippen molar-refractivity contribution in [2.24, 2.45) is 0 Å². The number of aliphatic hydroxyl groups is 2. The van der Waals surface area contributed by atoms with Crippen molar-refractivity contribution < 1.29 is 19.7 Å². The molecule has 0 amide bonds. The highest BCUT2D eigenvalue weighted by Crippen LogP contribution is 2.20. The van der Waals surface area contributed by atoms with E-state index in [1.165, 1.54) is 11.1 Å². The molecule has 21 heavy (non-hydrogen) atoms. The molecule has 0 saturated carbocycles. The van der Waals surface area contributed by atoms with E-state index in [0.717, 1.165) is 6.42 Å². The van der Waals surface area contributed by atoms with Crippen molar-refractivity contribution in [3.8, 4) is 0 Å². The summed E-state index contributed by atoms with van der Waals surface area (Å²) >= 11 is 0. The van der Waals surface area contributed by atoms with Gasteiger partial charge in [-0.1, -0.05) is 35.5 Å². The third-order valence-corrected chi connectivity index (χ3v) is 3.27. The zero-order valence-corrected chi connectivity index (χ0v) is 13.3. The Morgan fingerprint density at radius 3 is 2.71 bits per heavy atom. The lowest BCUT2D eigenvalue weighted by atomic mass is 10.1. The Labute approximate surface area is 127 Å². The quantitative estimate of drug-likeness (QED) is 0.560. The molecule has 1 fully saturated rings. The number of rotatable bonds is 7. The largest absolute Gasteiger partial charge is 0.394 e. The normalized spacial score (nSPS) is 27.1. The van der Waals surface area contributed by atoms with Crippen molar-refractivity contribution in [2.75, 3.05) is 13.2 Å². The number of ether oxygens (including phenoxy) is 2. The fourth-order valence-electron chi connectivity index (χ4n) is 2.07. The second kappa shape index (κ2) is 9.90. The lowest BCUT2D eigenvalue weighted by Gasteiger charge is -2.31. The van der Waals surface area contributed by atoms with E-state index in [4.69, 9.17) is 14.6 Å². The van der Waals surface area contributed by atoms with Crippen LogP contribution in [0.15, 0.2) is 35.5 Å². The third-order valence-electron chi connectivity index (χ3n) is 3.27. The zero-order valence-electron chi connectivity index (χ0n) is 13.3. The van der Waals surface area contributed by atoms with E-state index in [2.05, 4.69) is 39.0 Å². The lowest BCUT2D eigenvalue weighted by molar-refractivity contribution is -0.217. The van der Waals surface area contributed by atoms with Gasteiger partial charge in [0.25, 0.3) is 0 Å². The minimum atomic E-state index is -0.460. The maximum Gasteiger partial charge on any atom is 0.160 e. The van der Waals surface area contributed by atoms with Gasteiger partial charge in [0, 0.05) is 12.8 Å². The van der Waals surface area contributed by atoms with Gasteiger partial charge in [0.15, 0.2) is 6.29 Å². The fraction of sp³-hybridized carbons (Fsp3) is 0.647. The van der Waals surface area contributed by atoms with E-state index in [0.29, 0.717) is 19.4 Å². The molecule has 1 aliphatic heterocycles. The Bertz CT molecular complexity index is 380.